The fourth-order valence-corrected chi connectivity index (χ4v) is 2.24. The lowest BCUT2D eigenvalue weighted by Crippen LogP contribution is -2.46. The smallest absolute Gasteiger partial charge is 0.326 e. The Balaban J connectivity index is 2.20. The Morgan fingerprint density at radius 2 is 2.12 bits per heavy atom. The molecule has 2 heterocycles. The predicted octanol–water partition coefficient (Wildman–Crippen LogP) is 0.907. The molecule has 3 rings (SSSR count). The number of carboxylic acids is 1. The summed E-state index contributed by atoms with van der Waals surface area (Å²) in [5.74, 6) is -1.36. The Morgan fingerprint density at radius 3 is 2.88 bits per heavy atom. The highest BCUT2D eigenvalue weighted by Crippen LogP contribution is 2.26. The van der Waals surface area contributed by atoms with Crippen molar-refractivity contribution in [3.63, 3.8) is 0 Å². The predicted molar refractivity (Wildman–Crippen MR) is 60.9 cm³/mol. The molecule has 0 fully saturated rings. The van der Waals surface area contributed by atoms with Gasteiger partial charge >= 0.3 is 5.97 Å². The quantitative estimate of drug-likeness (QED) is 0.681. The van der Waals surface area contributed by atoms with Gasteiger partial charge in [0, 0.05) is 17.3 Å². The summed E-state index contributed by atoms with van der Waals surface area (Å²) >= 11 is 0. The van der Waals surface area contributed by atoms with Crippen LogP contribution in [0.1, 0.15) is 16.1 Å². The molecule has 0 radical (unpaired) electrons. The van der Waals surface area contributed by atoms with Crippen LogP contribution in [0.2, 0.25) is 0 Å². The van der Waals surface area contributed by atoms with E-state index in [4.69, 9.17) is 5.11 Å². The summed E-state index contributed by atoms with van der Waals surface area (Å²) < 4.78 is 0. The highest BCUT2D eigenvalue weighted by atomic mass is 16.4. The molecule has 0 saturated heterocycles. The average Bonchev–Trinajstić information content (AvgIpc) is 2.68. The van der Waals surface area contributed by atoms with Gasteiger partial charge in [0.15, 0.2) is 0 Å². The van der Waals surface area contributed by atoms with E-state index < -0.39 is 12.0 Å². The van der Waals surface area contributed by atoms with Crippen molar-refractivity contribution in [3.05, 3.63) is 35.5 Å². The van der Waals surface area contributed by atoms with Crippen molar-refractivity contribution in [2.24, 2.45) is 0 Å². The van der Waals surface area contributed by atoms with Gasteiger partial charge in [0.2, 0.25) is 0 Å². The molecule has 1 unspecified atom stereocenters. The van der Waals surface area contributed by atoms with E-state index in [1.807, 2.05) is 24.3 Å². The second-order valence-electron chi connectivity index (χ2n) is 4.09. The lowest BCUT2D eigenvalue weighted by Gasteiger charge is -2.19. The lowest BCUT2D eigenvalue weighted by molar-refractivity contribution is -0.139. The van der Waals surface area contributed by atoms with Gasteiger partial charge in [-0.25, -0.2) is 4.79 Å². The maximum atomic E-state index is 11.8. The van der Waals surface area contributed by atoms with E-state index in [0.29, 0.717) is 12.1 Å². The molecule has 3 N–H and O–H groups in total. The normalized spacial score (nSPS) is 18.8. The van der Waals surface area contributed by atoms with Crippen molar-refractivity contribution < 1.29 is 14.7 Å². The second kappa shape index (κ2) is 3.35. The summed E-state index contributed by atoms with van der Waals surface area (Å²) in [6.45, 7) is 0. The zero-order valence-electron chi connectivity index (χ0n) is 8.86. The molecular weight excluding hydrogens is 220 g/mol. The molecule has 2 aromatic rings. The number of aromatic nitrogens is 1. The number of H-pyrrole nitrogens is 1. The molecule has 1 aliphatic rings. The zero-order valence-corrected chi connectivity index (χ0v) is 8.86. The summed E-state index contributed by atoms with van der Waals surface area (Å²) in [6, 6.07) is 6.67. The van der Waals surface area contributed by atoms with Crippen LogP contribution in [-0.2, 0) is 11.2 Å². The summed E-state index contributed by atoms with van der Waals surface area (Å²) in [6.07, 6.45) is 0.320. The maximum absolute atomic E-state index is 11.8. The van der Waals surface area contributed by atoms with Crippen molar-refractivity contribution in [2.45, 2.75) is 12.5 Å². The molecule has 1 amide bonds. The first-order chi connectivity index (χ1) is 8.16. The molecular formula is C12H10N2O3. The van der Waals surface area contributed by atoms with Gasteiger partial charge in [0.05, 0.1) is 0 Å². The number of rotatable bonds is 1. The Morgan fingerprint density at radius 1 is 1.35 bits per heavy atom. The number of aromatic amines is 1. The zero-order chi connectivity index (χ0) is 12.0. The number of benzene rings is 1. The highest BCUT2D eigenvalue weighted by molar-refractivity contribution is 6.04. The minimum Gasteiger partial charge on any atom is -0.480 e. The summed E-state index contributed by atoms with van der Waals surface area (Å²) in [4.78, 5) is 25.7. The molecule has 0 spiro atoms. The summed E-state index contributed by atoms with van der Waals surface area (Å²) in [7, 11) is 0. The van der Waals surface area contributed by atoms with Crippen LogP contribution in [0.3, 0.4) is 0 Å². The van der Waals surface area contributed by atoms with Crippen molar-refractivity contribution in [3.8, 4) is 0 Å². The largest absolute Gasteiger partial charge is 0.480 e. The summed E-state index contributed by atoms with van der Waals surface area (Å²) in [5.41, 5.74) is 2.12. The summed E-state index contributed by atoms with van der Waals surface area (Å²) in [5, 5.41) is 12.3. The minimum absolute atomic E-state index is 0.320. The number of hydrogen-bond acceptors (Lipinski definition) is 2. The van der Waals surface area contributed by atoms with E-state index in [9.17, 15) is 9.59 Å². The van der Waals surface area contributed by atoms with E-state index >= 15 is 0 Å². The molecule has 0 aliphatic carbocycles. The van der Waals surface area contributed by atoms with Crippen LogP contribution in [0.5, 0.6) is 0 Å². The molecule has 17 heavy (non-hydrogen) atoms. The molecule has 1 aliphatic heterocycles. The third-order valence-corrected chi connectivity index (χ3v) is 3.05. The van der Waals surface area contributed by atoms with Crippen molar-refractivity contribution in [2.75, 3.05) is 0 Å². The van der Waals surface area contributed by atoms with Crippen LogP contribution in [0.25, 0.3) is 10.9 Å². The molecule has 5 heteroatoms. The van der Waals surface area contributed by atoms with E-state index in [2.05, 4.69) is 10.3 Å². The lowest BCUT2D eigenvalue weighted by atomic mass is 9.98. The van der Waals surface area contributed by atoms with Crippen molar-refractivity contribution >= 4 is 22.8 Å². The van der Waals surface area contributed by atoms with Crippen molar-refractivity contribution in [1.29, 1.82) is 0 Å². The molecule has 1 atom stereocenters. The molecule has 1 aromatic carbocycles. The minimum atomic E-state index is -1.01. The molecule has 86 valence electrons. The topological polar surface area (TPSA) is 82.2 Å². The number of para-hydroxylation sites is 1. The van der Waals surface area contributed by atoms with Crippen LogP contribution in [-0.4, -0.2) is 28.0 Å². The van der Waals surface area contributed by atoms with Gasteiger partial charge in [-0.05, 0) is 11.6 Å². The van der Waals surface area contributed by atoms with Gasteiger partial charge in [-0.3, -0.25) is 4.79 Å². The van der Waals surface area contributed by atoms with Crippen LogP contribution >= 0.6 is 0 Å². The maximum Gasteiger partial charge on any atom is 0.326 e. The first kappa shape index (κ1) is 9.89. The number of nitrogens with one attached hydrogen (secondary N) is 2. The highest BCUT2D eigenvalue weighted by Gasteiger charge is 2.31. The second-order valence-corrected chi connectivity index (χ2v) is 4.09. The number of amides is 1. The fourth-order valence-electron chi connectivity index (χ4n) is 2.24. The van der Waals surface area contributed by atoms with Gasteiger partial charge in [-0.15, -0.1) is 0 Å². The Labute approximate surface area is 96.4 Å². The third-order valence-electron chi connectivity index (χ3n) is 3.05. The van der Waals surface area contributed by atoms with Crippen LogP contribution in [0.4, 0.5) is 0 Å². The standard InChI is InChI=1S/C12H10N2O3/c15-11-10-7(5-9(14-11)12(16)17)6-3-1-2-4-8(6)13-10/h1-4,9,13H,5H2,(H,14,15)(H,16,17). The van der Waals surface area contributed by atoms with Gasteiger partial charge in [-0.2, -0.15) is 0 Å². The van der Waals surface area contributed by atoms with Crippen molar-refractivity contribution in [1.82, 2.24) is 10.3 Å². The number of carboxylic acid groups (broad SMARTS) is 1. The van der Waals surface area contributed by atoms with E-state index in [0.717, 1.165) is 16.5 Å². The monoisotopic (exact) mass is 230 g/mol. The van der Waals surface area contributed by atoms with Crippen LogP contribution in [0, 0.1) is 0 Å². The number of aliphatic carboxylic acids is 1. The number of hydrogen-bond donors (Lipinski definition) is 3. The van der Waals surface area contributed by atoms with E-state index in [1.54, 1.807) is 0 Å². The molecule has 1 aromatic heterocycles. The van der Waals surface area contributed by atoms with Gasteiger partial charge in [0.1, 0.15) is 11.7 Å². The molecule has 5 nitrogen and oxygen atoms in total. The fraction of sp³-hybridized carbons (Fsp3) is 0.167. The van der Waals surface area contributed by atoms with Gasteiger partial charge in [0.25, 0.3) is 5.91 Å². The Bertz CT molecular complexity index is 630. The van der Waals surface area contributed by atoms with E-state index in [-0.39, 0.29) is 5.91 Å². The Hall–Kier alpha value is -2.30. The number of carbonyl (C=O) groups excluding carboxylic acids is 1. The van der Waals surface area contributed by atoms with E-state index in [1.165, 1.54) is 0 Å². The number of fused-ring (bicyclic) bond motifs is 3. The van der Waals surface area contributed by atoms with Gasteiger partial charge in [-0.1, -0.05) is 18.2 Å². The first-order valence-electron chi connectivity index (χ1n) is 5.30. The van der Waals surface area contributed by atoms with Gasteiger partial charge < -0.3 is 15.4 Å². The Kier molecular flexibility index (Phi) is 1.95. The SMILES string of the molecule is O=C1NC(C(=O)O)Cc2c1[nH]c1ccccc21. The van der Waals surface area contributed by atoms with Crippen LogP contribution in [0.15, 0.2) is 24.3 Å². The first-order valence-corrected chi connectivity index (χ1v) is 5.30. The average molecular weight is 230 g/mol. The third kappa shape index (κ3) is 1.39. The molecule has 0 bridgehead atoms. The molecule has 0 saturated carbocycles. The number of carbonyl (C=O) groups is 2. The van der Waals surface area contributed by atoms with Crippen LogP contribution < -0.4 is 5.32 Å².